The number of carbonyl (C=O) groups excluding carboxylic acids is 2. The standard InChI is InChI=1S/C69H135NO5/c1-3-5-7-9-11-13-15-17-19-21-27-31-35-39-43-47-51-55-59-63-69(74)75-64-60-56-52-48-44-40-36-32-29-26-24-22-23-25-28-30-34-38-42-46-50-54-58-62-68(73)70-66(65-71)67(72)61-57-53-49-45-41-37-33-20-18-16-14-12-10-8-6-4-2/h25,28,66-67,71-72H,3-24,26-27,29-65H2,1-2H3,(H,70,73)/b28-25-. The van der Waals surface area contributed by atoms with E-state index in [1.54, 1.807) is 0 Å². The molecule has 6 nitrogen and oxygen atoms in total. The molecule has 0 fully saturated rings. The summed E-state index contributed by atoms with van der Waals surface area (Å²) in [6, 6.07) is -0.545. The van der Waals surface area contributed by atoms with Gasteiger partial charge in [0, 0.05) is 12.8 Å². The summed E-state index contributed by atoms with van der Waals surface area (Å²) >= 11 is 0. The lowest BCUT2D eigenvalue weighted by Crippen LogP contribution is -2.45. The Morgan fingerprint density at radius 1 is 0.360 bits per heavy atom. The normalized spacial score (nSPS) is 12.5. The number of aliphatic hydroxyl groups excluding tert-OH is 2. The Bertz CT molecular complexity index is 1130. The molecule has 0 aliphatic rings. The minimum atomic E-state index is -0.668. The van der Waals surface area contributed by atoms with Crippen molar-refractivity contribution in [3.8, 4) is 0 Å². The van der Waals surface area contributed by atoms with Gasteiger partial charge in [0.2, 0.25) is 5.91 Å². The first kappa shape index (κ1) is 73.6. The zero-order valence-electron chi connectivity index (χ0n) is 51.1. The monoisotopic (exact) mass is 1060 g/mol. The molecular formula is C69H135NO5. The lowest BCUT2D eigenvalue weighted by molar-refractivity contribution is -0.143. The van der Waals surface area contributed by atoms with E-state index in [9.17, 15) is 19.8 Å². The van der Waals surface area contributed by atoms with Gasteiger partial charge in [0.25, 0.3) is 0 Å². The third kappa shape index (κ3) is 61.7. The summed E-state index contributed by atoms with van der Waals surface area (Å²) in [5.41, 5.74) is 0. The van der Waals surface area contributed by atoms with Crippen LogP contribution in [-0.4, -0.2) is 47.4 Å². The van der Waals surface area contributed by atoms with Gasteiger partial charge in [-0.15, -0.1) is 0 Å². The molecule has 0 radical (unpaired) electrons. The van der Waals surface area contributed by atoms with E-state index in [1.165, 1.54) is 321 Å². The van der Waals surface area contributed by atoms with Crippen LogP contribution in [0.1, 0.15) is 393 Å². The van der Waals surface area contributed by atoms with Gasteiger partial charge in [-0.1, -0.05) is 341 Å². The van der Waals surface area contributed by atoms with Crippen LogP contribution in [0, 0.1) is 0 Å². The van der Waals surface area contributed by atoms with E-state index in [4.69, 9.17) is 4.74 Å². The highest BCUT2D eigenvalue weighted by atomic mass is 16.5. The molecule has 0 aliphatic heterocycles. The Kier molecular flexibility index (Phi) is 63.9. The van der Waals surface area contributed by atoms with Crippen LogP contribution < -0.4 is 5.32 Å². The number of amides is 1. The highest BCUT2D eigenvalue weighted by Crippen LogP contribution is 2.19. The molecule has 0 saturated heterocycles. The van der Waals surface area contributed by atoms with Crippen molar-refractivity contribution in [2.45, 2.75) is 405 Å². The number of aliphatic hydroxyl groups is 2. The molecule has 0 aromatic carbocycles. The number of unbranched alkanes of at least 4 members (excludes halogenated alkanes) is 52. The molecule has 0 saturated carbocycles. The van der Waals surface area contributed by atoms with Crippen molar-refractivity contribution >= 4 is 11.9 Å². The molecule has 0 aromatic rings. The Hall–Kier alpha value is -1.40. The van der Waals surface area contributed by atoms with Crippen LogP contribution in [0.3, 0.4) is 0 Å². The molecule has 75 heavy (non-hydrogen) atoms. The Labute approximate surface area is 469 Å². The zero-order chi connectivity index (χ0) is 54.3. The summed E-state index contributed by atoms with van der Waals surface area (Å²) in [4.78, 5) is 24.6. The van der Waals surface area contributed by atoms with Crippen molar-refractivity contribution in [3.63, 3.8) is 0 Å². The van der Waals surface area contributed by atoms with E-state index in [1.807, 2.05) is 0 Å². The predicted octanol–water partition coefficient (Wildman–Crippen LogP) is 22.0. The van der Waals surface area contributed by atoms with Crippen LogP contribution in [0.5, 0.6) is 0 Å². The van der Waals surface area contributed by atoms with Crippen molar-refractivity contribution < 1.29 is 24.5 Å². The molecular weight excluding hydrogens is 923 g/mol. The lowest BCUT2D eigenvalue weighted by atomic mass is 10.0. The third-order valence-electron chi connectivity index (χ3n) is 16.3. The minimum Gasteiger partial charge on any atom is -0.466 e. The zero-order valence-corrected chi connectivity index (χ0v) is 51.1. The SMILES string of the molecule is CCCCCCCCCCCCCCCCCCCCCC(=O)OCCCCCCCCCCCCCC/C=C\CCCCCCCCCC(=O)NC(CO)C(O)CCCCCCCCCCCCCCCCCC. The van der Waals surface area contributed by atoms with Crippen molar-refractivity contribution in [1.82, 2.24) is 5.32 Å². The summed E-state index contributed by atoms with van der Waals surface area (Å²) in [7, 11) is 0. The number of hydrogen-bond donors (Lipinski definition) is 3. The number of ether oxygens (including phenoxy) is 1. The maximum absolute atomic E-state index is 12.5. The maximum Gasteiger partial charge on any atom is 0.305 e. The molecule has 0 heterocycles. The summed E-state index contributed by atoms with van der Waals surface area (Å²) < 4.78 is 5.51. The van der Waals surface area contributed by atoms with Crippen molar-refractivity contribution in [2.24, 2.45) is 0 Å². The van der Waals surface area contributed by atoms with Crippen LogP contribution in [-0.2, 0) is 14.3 Å². The second-order valence-electron chi connectivity index (χ2n) is 23.9. The number of hydrogen-bond acceptors (Lipinski definition) is 5. The quantitative estimate of drug-likeness (QED) is 0.0320. The molecule has 1 amide bonds. The minimum absolute atomic E-state index is 0.0173. The number of rotatable bonds is 65. The topological polar surface area (TPSA) is 95.9 Å². The first-order valence-corrected chi connectivity index (χ1v) is 34.4. The molecule has 0 aliphatic carbocycles. The van der Waals surface area contributed by atoms with Crippen LogP contribution in [0.15, 0.2) is 12.2 Å². The molecule has 0 aromatic heterocycles. The van der Waals surface area contributed by atoms with Gasteiger partial charge in [0.15, 0.2) is 0 Å². The summed E-state index contributed by atoms with van der Waals surface area (Å²) in [6.07, 6.45) is 79.6. The molecule has 446 valence electrons. The average Bonchev–Trinajstić information content (AvgIpc) is 3.41. The van der Waals surface area contributed by atoms with Crippen LogP contribution >= 0.6 is 0 Å². The fraction of sp³-hybridized carbons (Fsp3) is 0.942. The van der Waals surface area contributed by atoms with Gasteiger partial charge < -0.3 is 20.3 Å². The Balaban J connectivity index is 3.37. The first-order chi connectivity index (χ1) is 37.0. The van der Waals surface area contributed by atoms with E-state index in [0.29, 0.717) is 25.9 Å². The van der Waals surface area contributed by atoms with E-state index >= 15 is 0 Å². The molecule has 6 heteroatoms. The second-order valence-corrected chi connectivity index (χ2v) is 23.9. The van der Waals surface area contributed by atoms with E-state index in [-0.39, 0.29) is 18.5 Å². The summed E-state index contributed by atoms with van der Waals surface area (Å²) in [5, 5.41) is 23.3. The largest absolute Gasteiger partial charge is 0.466 e. The lowest BCUT2D eigenvalue weighted by Gasteiger charge is -2.22. The second kappa shape index (κ2) is 65.1. The van der Waals surface area contributed by atoms with E-state index < -0.39 is 12.1 Å². The fourth-order valence-corrected chi connectivity index (χ4v) is 11.1. The maximum atomic E-state index is 12.5. The first-order valence-electron chi connectivity index (χ1n) is 34.4. The highest BCUT2D eigenvalue weighted by Gasteiger charge is 2.20. The average molecular weight is 1060 g/mol. The molecule has 0 spiro atoms. The third-order valence-corrected chi connectivity index (χ3v) is 16.3. The van der Waals surface area contributed by atoms with Gasteiger partial charge in [0.05, 0.1) is 25.4 Å². The van der Waals surface area contributed by atoms with Crippen molar-refractivity contribution in [1.29, 1.82) is 0 Å². The molecule has 2 atom stereocenters. The van der Waals surface area contributed by atoms with Crippen LogP contribution in [0.2, 0.25) is 0 Å². The van der Waals surface area contributed by atoms with Crippen LogP contribution in [0.4, 0.5) is 0 Å². The summed E-state index contributed by atoms with van der Waals surface area (Å²) in [5.74, 6) is -0.0206. The van der Waals surface area contributed by atoms with Gasteiger partial charge in [-0.05, 0) is 51.4 Å². The smallest absolute Gasteiger partial charge is 0.305 e. The molecule has 3 N–H and O–H groups in total. The van der Waals surface area contributed by atoms with E-state index in [0.717, 1.165) is 38.5 Å². The van der Waals surface area contributed by atoms with Gasteiger partial charge in [-0.25, -0.2) is 0 Å². The fourth-order valence-electron chi connectivity index (χ4n) is 11.1. The highest BCUT2D eigenvalue weighted by molar-refractivity contribution is 5.76. The van der Waals surface area contributed by atoms with Gasteiger partial charge in [-0.3, -0.25) is 9.59 Å². The molecule has 0 bridgehead atoms. The van der Waals surface area contributed by atoms with Crippen LogP contribution in [0.25, 0.3) is 0 Å². The Morgan fingerprint density at radius 2 is 0.627 bits per heavy atom. The predicted molar refractivity (Wildman–Crippen MR) is 329 cm³/mol. The van der Waals surface area contributed by atoms with Gasteiger partial charge in [-0.2, -0.15) is 0 Å². The molecule has 0 rings (SSSR count). The Morgan fingerprint density at radius 3 is 0.947 bits per heavy atom. The number of esters is 1. The number of carbonyl (C=O) groups is 2. The van der Waals surface area contributed by atoms with Gasteiger partial charge >= 0.3 is 5.97 Å². The number of nitrogens with one attached hydrogen (secondary N) is 1. The van der Waals surface area contributed by atoms with E-state index in [2.05, 4.69) is 31.3 Å². The van der Waals surface area contributed by atoms with Gasteiger partial charge in [0.1, 0.15) is 0 Å². The number of allylic oxidation sites excluding steroid dienone is 2. The summed E-state index contributed by atoms with van der Waals surface area (Å²) in [6.45, 7) is 4.99. The van der Waals surface area contributed by atoms with Crippen molar-refractivity contribution in [2.75, 3.05) is 13.2 Å². The van der Waals surface area contributed by atoms with Crippen molar-refractivity contribution in [3.05, 3.63) is 12.2 Å². The molecule has 2 unspecified atom stereocenters.